The third kappa shape index (κ3) is 2.77. The fourth-order valence-electron chi connectivity index (χ4n) is 3.26. The fourth-order valence-corrected chi connectivity index (χ4v) is 3.26. The molecule has 24 heavy (non-hydrogen) atoms. The molecule has 6 heteroatoms. The Kier molecular flexibility index (Phi) is 3.86. The van der Waals surface area contributed by atoms with E-state index in [4.69, 9.17) is 0 Å². The highest BCUT2D eigenvalue weighted by Gasteiger charge is 2.42. The summed E-state index contributed by atoms with van der Waals surface area (Å²) in [4.78, 5) is 37.7. The predicted octanol–water partition coefficient (Wildman–Crippen LogP) is 1.92. The topological polar surface area (TPSA) is 86.7 Å². The third-order valence-electron chi connectivity index (χ3n) is 5.00. The quantitative estimate of drug-likeness (QED) is 0.863. The van der Waals surface area contributed by atoms with Gasteiger partial charge in [-0.25, -0.2) is 4.79 Å². The molecule has 1 heterocycles. The molecule has 1 unspecified atom stereocenters. The van der Waals surface area contributed by atoms with Crippen molar-refractivity contribution in [3.63, 3.8) is 0 Å². The van der Waals surface area contributed by atoms with Crippen LogP contribution >= 0.6 is 0 Å². The average molecular weight is 330 g/mol. The zero-order chi connectivity index (χ0) is 17.6. The lowest BCUT2D eigenvalue weighted by molar-refractivity contribution is -0.139. The van der Waals surface area contributed by atoms with Gasteiger partial charge in [-0.15, -0.1) is 0 Å². The van der Waals surface area contributed by atoms with Crippen LogP contribution in [0.25, 0.3) is 0 Å². The number of likely N-dealkylation sites (N-methyl/N-ethyl adjacent to an activating group) is 1. The van der Waals surface area contributed by atoms with Gasteiger partial charge in [0.05, 0.1) is 5.41 Å². The van der Waals surface area contributed by atoms with Crippen LogP contribution in [0.15, 0.2) is 18.2 Å². The first-order chi connectivity index (χ1) is 11.2. The minimum absolute atomic E-state index is 0.0211. The van der Waals surface area contributed by atoms with Crippen molar-refractivity contribution in [1.82, 2.24) is 5.32 Å². The molecule has 0 radical (unpaired) electrons. The highest BCUT2D eigenvalue weighted by Crippen LogP contribution is 2.41. The van der Waals surface area contributed by atoms with Gasteiger partial charge in [0.15, 0.2) is 0 Å². The number of carboxylic acids is 1. The first kappa shape index (κ1) is 16.5. The summed E-state index contributed by atoms with van der Waals surface area (Å²) in [6.45, 7) is 3.65. The zero-order valence-electron chi connectivity index (χ0n) is 14.1. The lowest BCUT2D eigenvalue weighted by atomic mass is 9.85. The Hall–Kier alpha value is -2.37. The normalized spacial score (nSPS) is 19.8. The monoisotopic (exact) mass is 330 g/mol. The summed E-state index contributed by atoms with van der Waals surface area (Å²) in [7, 11) is 1.71. The lowest BCUT2D eigenvalue weighted by Crippen LogP contribution is -2.41. The van der Waals surface area contributed by atoms with Gasteiger partial charge in [0.1, 0.15) is 6.04 Å². The number of nitrogens with one attached hydrogen (secondary N) is 1. The van der Waals surface area contributed by atoms with E-state index in [9.17, 15) is 19.5 Å². The van der Waals surface area contributed by atoms with Gasteiger partial charge in [0, 0.05) is 18.3 Å². The first-order valence-electron chi connectivity index (χ1n) is 8.18. The number of carbonyl (C=O) groups excluding carboxylic acids is 2. The van der Waals surface area contributed by atoms with E-state index in [1.165, 1.54) is 0 Å². The molecule has 6 nitrogen and oxygen atoms in total. The van der Waals surface area contributed by atoms with Crippen LogP contribution in [0.1, 0.15) is 49.0 Å². The van der Waals surface area contributed by atoms with E-state index >= 15 is 0 Å². The van der Waals surface area contributed by atoms with E-state index in [0.29, 0.717) is 17.9 Å². The van der Waals surface area contributed by atoms with Crippen LogP contribution in [0.3, 0.4) is 0 Å². The summed E-state index contributed by atoms with van der Waals surface area (Å²) in [6, 6.07) is 4.21. The van der Waals surface area contributed by atoms with Crippen LogP contribution in [0, 0.1) is 5.92 Å². The van der Waals surface area contributed by atoms with Crippen LogP contribution in [-0.2, 0) is 15.0 Å². The van der Waals surface area contributed by atoms with E-state index in [2.05, 4.69) is 5.32 Å². The second-order valence-electron chi connectivity index (χ2n) is 7.26. The number of aliphatic carboxylic acids is 1. The predicted molar refractivity (Wildman–Crippen MR) is 89.1 cm³/mol. The summed E-state index contributed by atoms with van der Waals surface area (Å²) < 4.78 is 0. The van der Waals surface area contributed by atoms with Crippen molar-refractivity contribution in [2.45, 2.75) is 44.6 Å². The molecule has 1 aromatic carbocycles. The Bertz CT molecular complexity index is 722. The molecule has 1 saturated carbocycles. The number of carbonyl (C=O) groups is 3. The van der Waals surface area contributed by atoms with Gasteiger partial charge >= 0.3 is 5.97 Å². The van der Waals surface area contributed by atoms with Gasteiger partial charge in [-0.3, -0.25) is 9.59 Å². The molecule has 1 aliphatic heterocycles. The van der Waals surface area contributed by atoms with Crippen molar-refractivity contribution in [3.8, 4) is 0 Å². The molecule has 128 valence electrons. The molecule has 1 aliphatic carbocycles. The fraction of sp³-hybridized carbons (Fsp3) is 0.500. The Morgan fingerprint density at radius 1 is 1.38 bits per heavy atom. The molecule has 2 N–H and O–H groups in total. The third-order valence-corrected chi connectivity index (χ3v) is 5.00. The molecule has 0 bridgehead atoms. The van der Waals surface area contributed by atoms with Crippen LogP contribution in [0.4, 0.5) is 5.69 Å². The van der Waals surface area contributed by atoms with Gasteiger partial charge in [-0.05, 0) is 49.9 Å². The summed E-state index contributed by atoms with van der Waals surface area (Å²) in [6.07, 6.45) is 2.53. The van der Waals surface area contributed by atoms with Gasteiger partial charge in [0.2, 0.25) is 5.91 Å². The number of anilines is 1. The summed E-state index contributed by atoms with van der Waals surface area (Å²) in [5, 5.41) is 11.9. The number of fused-ring (bicyclic) bond motifs is 1. The summed E-state index contributed by atoms with van der Waals surface area (Å²) in [5.74, 6) is -1.04. The number of benzene rings is 1. The maximum absolute atomic E-state index is 12.5. The smallest absolute Gasteiger partial charge is 0.326 e. The molecule has 1 atom stereocenters. The Morgan fingerprint density at radius 2 is 2.04 bits per heavy atom. The zero-order valence-corrected chi connectivity index (χ0v) is 14.1. The van der Waals surface area contributed by atoms with Crippen LogP contribution < -0.4 is 10.2 Å². The second-order valence-corrected chi connectivity index (χ2v) is 7.26. The van der Waals surface area contributed by atoms with E-state index < -0.39 is 23.3 Å². The van der Waals surface area contributed by atoms with Crippen LogP contribution in [-0.4, -0.2) is 36.0 Å². The molecule has 2 amide bonds. The Labute approximate surface area is 140 Å². The molecule has 1 fully saturated rings. The number of rotatable bonds is 5. The van der Waals surface area contributed by atoms with Crippen molar-refractivity contribution in [2.75, 3.05) is 11.9 Å². The van der Waals surface area contributed by atoms with E-state index in [1.807, 2.05) is 13.8 Å². The Morgan fingerprint density at radius 3 is 2.62 bits per heavy atom. The van der Waals surface area contributed by atoms with Gasteiger partial charge < -0.3 is 15.3 Å². The SMILES string of the molecule is CN1C(=O)C(C)(C)c2cc(C(=O)NC(CC3CC3)C(=O)O)ccc21. The largest absolute Gasteiger partial charge is 0.480 e. The lowest BCUT2D eigenvalue weighted by Gasteiger charge is -2.17. The highest BCUT2D eigenvalue weighted by atomic mass is 16.4. The van der Waals surface area contributed by atoms with Crippen molar-refractivity contribution in [2.24, 2.45) is 5.92 Å². The molecule has 1 aromatic rings. The molecule has 0 saturated heterocycles. The van der Waals surface area contributed by atoms with Gasteiger partial charge in [0.25, 0.3) is 5.91 Å². The minimum atomic E-state index is -1.01. The number of hydrogen-bond acceptors (Lipinski definition) is 3. The van der Waals surface area contributed by atoms with Crippen molar-refractivity contribution in [3.05, 3.63) is 29.3 Å². The number of nitrogens with zero attached hydrogens (tertiary/aromatic N) is 1. The molecule has 0 aromatic heterocycles. The standard InChI is InChI=1S/C18H22N2O4/c1-18(2)12-9-11(6-7-14(12)20(3)17(18)24)15(21)19-13(16(22)23)8-10-4-5-10/h6-7,9-10,13H,4-5,8H2,1-3H3,(H,19,21)(H,22,23). The van der Waals surface area contributed by atoms with Crippen molar-refractivity contribution in [1.29, 1.82) is 0 Å². The molecular weight excluding hydrogens is 308 g/mol. The number of amides is 2. The molecule has 0 spiro atoms. The van der Waals surface area contributed by atoms with Crippen LogP contribution in [0.2, 0.25) is 0 Å². The summed E-state index contributed by atoms with van der Waals surface area (Å²) in [5.41, 5.74) is 1.26. The van der Waals surface area contributed by atoms with Gasteiger partial charge in [-0.2, -0.15) is 0 Å². The number of hydrogen-bond donors (Lipinski definition) is 2. The maximum atomic E-state index is 12.5. The van der Waals surface area contributed by atoms with Gasteiger partial charge in [-0.1, -0.05) is 12.8 Å². The molecule has 2 aliphatic rings. The number of carboxylic acid groups (broad SMARTS) is 1. The summed E-state index contributed by atoms with van der Waals surface area (Å²) >= 11 is 0. The van der Waals surface area contributed by atoms with Crippen LogP contribution in [0.5, 0.6) is 0 Å². The molecule has 3 rings (SSSR count). The second kappa shape index (κ2) is 5.61. The highest BCUT2D eigenvalue weighted by molar-refractivity contribution is 6.08. The average Bonchev–Trinajstić information content (AvgIpc) is 3.33. The Balaban J connectivity index is 1.83. The van der Waals surface area contributed by atoms with E-state index in [-0.39, 0.29) is 5.91 Å². The molecular formula is C18H22N2O4. The van der Waals surface area contributed by atoms with Crippen molar-refractivity contribution >= 4 is 23.5 Å². The first-order valence-corrected chi connectivity index (χ1v) is 8.18. The van der Waals surface area contributed by atoms with Crippen molar-refractivity contribution < 1.29 is 19.5 Å². The maximum Gasteiger partial charge on any atom is 0.326 e. The van der Waals surface area contributed by atoms with E-state index in [1.54, 1.807) is 30.1 Å². The minimum Gasteiger partial charge on any atom is -0.480 e. The van der Waals surface area contributed by atoms with E-state index in [0.717, 1.165) is 24.1 Å².